The molecule has 3 heteroatoms. The summed E-state index contributed by atoms with van der Waals surface area (Å²) in [6.45, 7) is -1.26. The van der Waals surface area contributed by atoms with Gasteiger partial charge in [-0.2, -0.15) is 0 Å². The molecule has 0 fully saturated rings. The average Bonchev–Trinajstić information content (AvgIpc) is 1.56. The number of aliphatic hydroxyl groups is 1. The Morgan fingerprint density at radius 2 is 2.38 bits per heavy atom. The van der Waals surface area contributed by atoms with Crippen molar-refractivity contribution in [1.82, 2.24) is 0 Å². The predicted molar refractivity (Wildman–Crippen MR) is 37.2 cm³/mol. The first-order chi connectivity index (χ1) is 4.67. The van der Waals surface area contributed by atoms with Crippen molar-refractivity contribution >= 4 is 12.4 Å². The molecule has 3 N–H and O–H groups in total. The van der Waals surface area contributed by atoms with Crippen LogP contribution in [0.3, 0.4) is 0 Å². The largest absolute Gasteiger partial charge is 0.396 e. The molecule has 0 spiro atoms. The molecular formula is C5H14ClNO. The van der Waals surface area contributed by atoms with E-state index in [1.165, 1.54) is 0 Å². The molecule has 2 nitrogen and oxygen atoms in total. The van der Waals surface area contributed by atoms with Gasteiger partial charge in [0.2, 0.25) is 0 Å². The molecule has 1 unspecified atom stereocenters. The number of nitrogens with two attached hydrogens (primary N) is 1. The van der Waals surface area contributed by atoms with Crippen LogP contribution in [-0.2, 0) is 0 Å². The van der Waals surface area contributed by atoms with Crippen molar-refractivity contribution in [3.05, 3.63) is 0 Å². The van der Waals surface area contributed by atoms with Crippen LogP contribution in [-0.4, -0.2) is 17.7 Å². The summed E-state index contributed by atoms with van der Waals surface area (Å²) in [6, 6.07) is -0.466. The van der Waals surface area contributed by atoms with Gasteiger partial charge in [-0.15, -0.1) is 12.4 Å². The molecule has 0 heterocycles. The minimum Gasteiger partial charge on any atom is -0.396 e. The molecule has 0 rings (SSSR count). The highest BCUT2D eigenvalue weighted by Crippen LogP contribution is 1.89. The SMILES string of the molecule is Cl.[2H]C([2H])(O)C([2H])([2H])CC(C)N. The highest BCUT2D eigenvalue weighted by atomic mass is 35.5. The van der Waals surface area contributed by atoms with E-state index >= 15 is 0 Å². The highest BCUT2D eigenvalue weighted by molar-refractivity contribution is 5.85. The summed E-state index contributed by atoms with van der Waals surface area (Å²) in [5.74, 6) is 0. The fourth-order valence-corrected chi connectivity index (χ4v) is 0.207. The van der Waals surface area contributed by atoms with Gasteiger partial charge in [0.25, 0.3) is 0 Å². The van der Waals surface area contributed by atoms with Gasteiger partial charge < -0.3 is 10.8 Å². The van der Waals surface area contributed by atoms with Gasteiger partial charge in [0.15, 0.2) is 0 Å². The lowest BCUT2D eigenvalue weighted by Crippen LogP contribution is -2.14. The molecule has 0 saturated carbocycles. The molecule has 0 aromatic heterocycles. The topological polar surface area (TPSA) is 46.2 Å². The van der Waals surface area contributed by atoms with Crippen molar-refractivity contribution in [2.24, 2.45) is 5.73 Å². The minimum absolute atomic E-state index is 0. The first kappa shape index (κ1) is 4.09. The average molecular weight is 144 g/mol. The van der Waals surface area contributed by atoms with Crippen molar-refractivity contribution in [1.29, 1.82) is 0 Å². The Labute approximate surface area is 62.1 Å². The van der Waals surface area contributed by atoms with Crippen LogP contribution in [0, 0.1) is 0 Å². The van der Waals surface area contributed by atoms with Crippen LogP contribution >= 0.6 is 12.4 Å². The third-order valence-electron chi connectivity index (χ3n) is 0.503. The van der Waals surface area contributed by atoms with Gasteiger partial charge in [0.05, 0.1) is 2.74 Å². The molecule has 0 aliphatic rings. The lowest BCUT2D eigenvalue weighted by Gasteiger charge is -1.99. The summed E-state index contributed by atoms with van der Waals surface area (Å²) in [7, 11) is 0. The van der Waals surface area contributed by atoms with Gasteiger partial charge >= 0.3 is 0 Å². The molecule has 8 heavy (non-hydrogen) atoms. The second kappa shape index (κ2) is 7.21. The predicted octanol–water partition coefficient (Wildman–Crippen LogP) is 0.528. The molecule has 0 saturated heterocycles. The summed E-state index contributed by atoms with van der Waals surface area (Å²) in [6.07, 6.45) is -2.47. The zero-order valence-corrected chi connectivity index (χ0v) is 5.53. The van der Waals surface area contributed by atoms with E-state index in [0.717, 1.165) is 0 Å². The molecule has 1 atom stereocenters. The van der Waals surface area contributed by atoms with E-state index in [-0.39, 0.29) is 18.8 Å². The molecule has 0 aromatic carbocycles. The Morgan fingerprint density at radius 3 is 2.50 bits per heavy atom. The second-order valence-electron chi connectivity index (χ2n) is 1.47. The zero-order valence-electron chi connectivity index (χ0n) is 8.72. The van der Waals surface area contributed by atoms with Crippen LogP contribution in [0.1, 0.15) is 25.2 Å². The summed E-state index contributed by atoms with van der Waals surface area (Å²) in [5, 5.41) is 8.70. The van der Waals surface area contributed by atoms with E-state index in [4.69, 9.17) is 16.3 Å². The van der Waals surface area contributed by atoms with Gasteiger partial charge in [-0.3, -0.25) is 0 Å². The summed E-state index contributed by atoms with van der Waals surface area (Å²) < 4.78 is 27.6. The fraction of sp³-hybridized carbons (Fsp3) is 1.00. The summed E-state index contributed by atoms with van der Waals surface area (Å²) in [4.78, 5) is 0. The van der Waals surface area contributed by atoms with Crippen LogP contribution < -0.4 is 5.73 Å². The molecule has 0 radical (unpaired) electrons. The first-order valence-corrected chi connectivity index (χ1v) is 2.15. The Balaban J connectivity index is 0. The van der Waals surface area contributed by atoms with Gasteiger partial charge in [0.1, 0.15) is 0 Å². The van der Waals surface area contributed by atoms with E-state index in [2.05, 4.69) is 0 Å². The van der Waals surface area contributed by atoms with Crippen LogP contribution in [0.15, 0.2) is 0 Å². The zero-order chi connectivity index (χ0) is 9.28. The first-order valence-electron chi connectivity index (χ1n) is 4.15. The summed E-state index contributed by atoms with van der Waals surface area (Å²) in [5.41, 5.74) is 5.26. The number of hydrogen-bond acceptors (Lipinski definition) is 2. The van der Waals surface area contributed by atoms with Gasteiger partial charge in [-0.1, -0.05) is 0 Å². The smallest absolute Gasteiger partial charge is 0.0564 e. The van der Waals surface area contributed by atoms with Gasteiger partial charge in [0, 0.05) is 15.3 Å². The van der Waals surface area contributed by atoms with Crippen LogP contribution in [0.2, 0.25) is 0 Å². The van der Waals surface area contributed by atoms with Crippen molar-refractivity contribution in [3.8, 4) is 0 Å². The van der Waals surface area contributed by atoms with Crippen molar-refractivity contribution in [2.75, 3.05) is 6.56 Å². The van der Waals surface area contributed by atoms with Gasteiger partial charge in [-0.05, 0) is 19.7 Å². The maximum atomic E-state index is 8.70. The van der Waals surface area contributed by atoms with Crippen LogP contribution in [0.4, 0.5) is 0 Å². The van der Waals surface area contributed by atoms with Crippen molar-refractivity contribution < 1.29 is 10.6 Å². The number of halogens is 1. The third kappa shape index (κ3) is 9.51. The normalized spacial score (nSPS) is 23.4. The number of rotatable bonds is 3. The maximum absolute atomic E-state index is 8.70. The Morgan fingerprint density at radius 1 is 1.88 bits per heavy atom. The van der Waals surface area contributed by atoms with Crippen LogP contribution in [0.25, 0.3) is 0 Å². The fourth-order valence-electron chi connectivity index (χ4n) is 0.207. The molecule has 0 bridgehead atoms. The monoisotopic (exact) mass is 143 g/mol. The maximum Gasteiger partial charge on any atom is 0.0564 e. The Bertz CT molecular complexity index is 136. The molecule has 0 aromatic rings. The molecular weight excluding hydrogens is 126 g/mol. The van der Waals surface area contributed by atoms with Crippen molar-refractivity contribution in [2.45, 2.75) is 25.8 Å². The second-order valence-corrected chi connectivity index (χ2v) is 1.47. The van der Waals surface area contributed by atoms with Crippen LogP contribution in [0.5, 0.6) is 0 Å². The minimum atomic E-state index is -2.82. The van der Waals surface area contributed by atoms with E-state index in [1.54, 1.807) is 6.92 Å². The lowest BCUT2D eigenvalue weighted by molar-refractivity contribution is 0.281. The van der Waals surface area contributed by atoms with E-state index in [1.807, 2.05) is 0 Å². The Kier molecular flexibility index (Phi) is 3.69. The van der Waals surface area contributed by atoms with E-state index in [9.17, 15) is 0 Å². The lowest BCUT2D eigenvalue weighted by atomic mass is 10.2. The quantitative estimate of drug-likeness (QED) is 0.606. The number of hydrogen-bond donors (Lipinski definition) is 2. The third-order valence-corrected chi connectivity index (χ3v) is 0.503. The molecule has 0 amide bonds. The standard InChI is InChI=1S/C5H13NO.ClH/c1-5(6)3-2-4-7;/h5,7H,2-4,6H2,1H3;1H/i2D2,4D2;. The van der Waals surface area contributed by atoms with Crippen molar-refractivity contribution in [3.63, 3.8) is 0 Å². The van der Waals surface area contributed by atoms with E-state index < -0.39 is 19.0 Å². The molecule has 52 valence electrons. The van der Waals surface area contributed by atoms with E-state index in [0.29, 0.717) is 0 Å². The highest BCUT2D eigenvalue weighted by Gasteiger charge is 1.89. The molecule has 0 aliphatic heterocycles. The Hall–Kier alpha value is 0.210. The summed E-state index contributed by atoms with van der Waals surface area (Å²) >= 11 is 0. The van der Waals surface area contributed by atoms with Gasteiger partial charge in [-0.25, -0.2) is 0 Å². The molecule has 0 aliphatic carbocycles.